The quantitative estimate of drug-likeness (QED) is 0.106. The molecule has 1 fully saturated rings. The molecule has 1 aromatic heterocycles. The van der Waals surface area contributed by atoms with Crippen LogP contribution in [0.25, 0.3) is 6.08 Å². The van der Waals surface area contributed by atoms with Gasteiger partial charge in [0.15, 0.2) is 10.1 Å². The Hall–Kier alpha value is -2.99. The van der Waals surface area contributed by atoms with Crippen molar-refractivity contribution in [2.45, 2.75) is 10.8 Å². The van der Waals surface area contributed by atoms with E-state index in [0.717, 1.165) is 33.2 Å². The summed E-state index contributed by atoms with van der Waals surface area (Å²) in [6, 6.07) is 15.1. The van der Waals surface area contributed by atoms with Gasteiger partial charge >= 0.3 is 0 Å². The highest BCUT2D eigenvalue weighted by atomic mass is 35.5. The first-order valence-electron chi connectivity index (χ1n) is 10.2. The molecular formula is C23H16ClN3O5S3. The predicted octanol–water partition coefficient (Wildman–Crippen LogP) is 5.96. The van der Waals surface area contributed by atoms with Crippen molar-refractivity contribution in [1.82, 2.24) is 9.88 Å². The van der Waals surface area contributed by atoms with Gasteiger partial charge in [0, 0.05) is 23.4 Å². The number of rotatable bonds is 9. The number of thioether (sulfide) groups is 2. The van der Waals surface area contributed by atoms with Crippen molar-refractivity contribution < 1.29 is 19.3 Å². The largest absolute Gasteiger partial charge is 0.293 e. The van der Waals surface area contributed by atoms with Gasteiger partial charge < -0.3 is 0 Å². The molecule has 178 valence electrons. The molecule has 0 atom stereocenters. The number of ketones is 1. The fraction of sp³-hybridized carbons (Fsp3) is 0.130. The maximum Gasteiger partial charge on any atom is 0.293 e. The number of nitrogens with zero attached hydrogens (tertiary/aromatic N) is 3. The molecule has 35 heavy (non-hydrogen) atoms. The van der Waals surface area contributed by atoms with Crippen molar-refractivity contribution in [3.63, 3.8) is 0 Å². The van der Waals surface area contributed by atoms with Crippen LogP contribution < -0.4 is 0 Å². The number of hydrogen-bond acceptors (Lipinski definition) is 9. The minimum Gasteiger partial charge on any atom is -0.292 e. The molecule has 2 amide bonds. The van der Waals surface area contributed by atoms with E-state index in [4.69, 9.17) is 11.6 Å². The summed E-state index contributed by atoms with van der Waals surface area (Å²) >= 11 is 9.87. The second-order valence-electron chi connectivity index (χ2n) is 7.21. The minimum atomic E-state index is -0.599. The number of aryl methyl sites for hydroxylation is 1. The van der Waals surface area contributed by atoms with Gasteiger partial charge in [-0.05, 0) is 42.0 Å². The number of nitro benzene ring substituents is 1. The number of imide groups is 1. The van der Waals surface area contributed by atoms with Gasteiger partial charge in [-0.15, -0.1) is 11.3 Å². The number of carbonyl (C=O) groups is 3. The van der Waals surface area contributed by atoms with E-state index in [1.54, 1.807) is 11.8 Å². The molecule has 1 aliphatic heterocycles. The smallest absolute Gasteiger partial charge is 0.292 e. The molecule has 4 rings (SSSR count). The number of aromatic nitrogens is 1. The summed E-state index contributed by atoms with van der Waals surface area (Å²) in [4.78, 5) is 53.8. The zero-order valence-electron chi connectivity index (χ0n) is 17.9. The van der Waals surface area contributed by atoms with Crippen molar-refractivity contribution in [3.05, 3.63) is 90.8 Å². The van der Waals surface area contributed by atoms with Crippen molar-refractivity contribution >= 4 is 75.2 Å². The number of non-ortho nitro benzene ring substituents is 1. The second kappa shape index (κ2) is 11.2. The maximum atomic E-state index is 12.8. The predicted molar refractivity (Wildman–Crippen MR) is 138 cm³/mol. The molecule has 3 aromatic rings. The first-order chi connectivity index (χ1) is 16.8. The zero-order valence-corrected chi connectivity index (χ0v) is 21.1. The first kappa shape index (κ1) is 25.1. The maximum absolute atomic E-state index is 12.8. The summed E-state index contributed by atoms with van der Waals surface area (Å²) in [5.41, 5.74) is 1.23. The van der Waals surface area contributed by atoms with E-state index in [-0.39, 0.29) is 21.3 Å². The molecule has 0 N–H and O–H groups in total. The van der Waals surface area contributed by atoms with Gasteiger partial charge in [-0.1, -0.05) is 53.7 Å². The van der Waals surface area contributed by atoms with Crippen LogP contribution in [0.1, 0.15) is 20.8 Å². The van der Waals surface area contributed by atoms with Crippen LogP contribution >= 0.6 is 46.5 Å². The number of amides is 2. The normalized spacial score (nSPS) is 14.7. The third kappa shape index (κ3) is 6.17. The van der Waals surface area contributed by atoms with Crippen molar-refractivity contribution in [1.29, 1.82) is 0 Å². The molecule has 0 unspecified atom stereocenters. The number of thiazole rings is 1. The molecule has 2 aromatic carbocycles. The van der Waals surface area contributed by atoms with Crippen LogP contribution in [0.15, 0.2) is 63.8 Å². The Morgan fingerprint density at radius 2 is 1.86 bits per heavy atom. The van der Waals surface area contributed by atoms with Crippen LogP contribution in [0.3, 0.4) is 0 Å². The summed E-state index contributed by atoms with van der Waals surface area (Å²) in [5, 5.41) is 10.4. The van der Waals surface area contributed by atoms with Crippen molar-refractivity contribution in [2.75, 3.05) is 12.3 Å². The number of benzene rings is 2. The Morgan fingerprint density at radius 1 is 1.14 bits per heavy atom. The van der Waals surface area contributed by atoms with E-state index >= 15 is 0 Å². The van der Waals surface area contributed by atoms with Crippen LogP contribution in [0, 0.1) is 10.1 Å². The Kier molecular flexibility index (Phi) is 8.01. The number of Topliss-reactive ketones (excluding diaryl/α,β-unsaturated/α-hetero) is 1. The second-order valence-corrected chi connectivity index (χ2v) is 10.9. The Bertz CT molecular complexity index is 1330. The van der Waals surface area contributed by atoms with Crippen LogP contribution in [0.2, 0.25) is 5.15 Å². The molecule has 0 radical (unpaired) electrons. The standard InChI is InChI=1S/C23H16ClN3O5S3/c24-20-18(34-22(25-20)33-11-10-14-4-2-1-3-5-14)12-19-21(29)26(23(30)35-19)13-17(28)15-6-8-16(9-7-15)27(31)32/h1-9,12H,10-11,13H2/b19-12-. The van der Waals surface area contributed by atoms with Gasteiger partial charge in [0.1, 0.15) is 5.15 Å². The third-order valence-electron chi connectivity index (χ3n) is 4.89. The Balaban J connectivity index is 1.40. The molecule has 12 heteroatoms. The third-order valence-corrected chi connectivity index (χ3v) is 8.34. The molecular weight excluding hydrogens is 530 g/mol. The first-order valence-corrected chi connectivity index (χ1v) is 13.2. The van der Waals surface area contributed by atoms with E-state index in [2.05, 4.69) is 17.1 Å². The SMILES string of the molecule is O=C(CN1C(=O)S/C(=C\c2sc(SCCc3ccccc3)nc2Cl)C1=O)c1ccc([N+](=O)[O-])cc1. The minimum absolute atomic E-state index is 0.151. The van der Waals surface area contributed by atoms with E-state index < -0.39 is 28.4 Å². The molecule has 1 aliphatic rings. The highest BCUT2D eigenvalue weighted by molar-refractivity contribution is 8.18. The summed E-state index contributed by atoms with van der Waals surface area (Å²) in [6.07, 6.45) is 2.39. The highest BCUT2D eigenvalue weighted by Gasteiger charge is 2.36. The monoisotopic (exact) mass is 545 g/mol. The van der Waals surface area contributed by atoms with Crippen LogP contribution in [0.4, 0.5) is 10.5 Å². The topological polar surface area (TPSA) is 110 Å². The van der Waals surface area contributed by atoms with Crippen LogP contribution in [-0.4, -0.2) is 44.0 Å². The summed E-state index contributed by atoms with van der Waals surface area (Å²) < 4.78 is 0.754. The van der Waals surface area contributed by atoms with Gasteiger partial charge in [-0.25, -0.2) is 4.98 Å². The van der Waals surface area contributed by atoms with Gasteiger partial charge in [0.2, 0.25) is 0 Å². The lowest BCUT2D eigenvalue weighted by atomic mass is 10.1. The lowest BCUT2D eigenvalue weighted by molar-refractivity contribution is -0.384. The van der Waals surface area contributed by atoms with E-state index in [1.807, 2.05) is 18.2 Å². The van der Waals surface area contributed by atoms with Crippen molar-refractivity contribution in [2.24, 2.45) is 0 Å². The van der Waals surface area contributed by atoms with Crippen LogP contribution in [0.5, 0.6) is 0 Å². The molecule has 8 nitrogen and oxygen atoms in total. The summed E-state index contributed by atoms with van der Waals surface area (Å²) in [6.45, 7) is -0.461. The van der Waals surface area contributed by atoms with E-state index in [0.29, 0.717) is 4.88 Å². The van der Waals surface area contributed by atoms with Gasteiger partial charge in [-0.3, -0.25) is 29.4 Å². The molecule has 2 heterocycles. The Labute approximate surface area is 217 Å². The fourth-order valence-electron chi connectivity index (χ4n) is 3.11. The average molecular weight is 546 g/mol. The number of carbonyl (C=O) groups excluding carboxylic acids is 3. The van der Waals surface area contributed by atoms with Gasteiger partial charge in [0.05, 0.1) is 21.3 Å². The lowest BCUT2D eigenvalue weighted by Gasteiger charge is -2.11. The molecule has 0 aliphatic carbocycles. The number of halogens is 1. The summed E-state index contributed by atoms with van der Waals surface area (Å²) in [7, 11) is 0. The molecule has 0 bridgehead atoms. The molecule has 0 spiro atoms. The zero-order chi connectivity index (χ0) is 24.9. The van der Waals surface area contributed by atoms with Gasteiger partial charge in [-0.2, -0.15) is 0 Å². The average Bonchev–Trinajstić information content (AvgIpc) is 3.33. The Morgan fingerprint density at radius 3 is 2.54 bits per heavy atom. The summed E-state index contributed by atoms with van der Waals surface area (Å²) in [5.74, 6) is -0.288. The number of hydrogen-bond donors (Lipinski definition) is 0. The van der Waals surface area contributed by atoms with E-state index in [1.165, 1.54) is 47.2 Å². The van der Waals surface area contributed by atoms with E-state index in [9.17, 15) is 24.5 Å². The number of nitro groups is 1. The molecule has 0 saturated carbocycles. The van der Waals surface area contributed by atoms with Crippen LogP contribution in [-0.2, 0) is 11.2 Å². The molecule has 1 saturated heterocycles. The highest BCUT2D eigenvalue weighted by Crippen LogP contribution is 2.37. The van der Waals surface area contributed by atoms with Crippen molar-refractivity contribution in [3.8, 4) is 0 Å². The lowest BCUT2D eigenvalue weighted by Crippen LogP contribution is -2.33. The van der Waals surface area contributed by atoms with Gasteiger partial charge in [0.25, 0.3) is 16.8 Å². The fourth-order valence-corrected chi connectivity index (χ4v) is 6.41.